The number of halogens is 1. The first kappa shape index (κ1) is 17.4. The molecule has 0 radical (unpaired) electrons. The second-order valence-corrected chi connectivity index (χ2v) is 7.02. The zero-order valence-corrected chi connectivity index (χ0v) is 15.7. The monoisotopic (exact) mass is 400 g/mol. The molecular formula is C19H17BrN2O3. The summed E-state index contributed by atoms with van der Waals surface area (Å²) in [5, 5.41) is 15.3. The predicted octanol–water partition coefficient (Wildman–Crippen LogP) is 4.05. The van der Waals surface area contributed by atoms with Crippen LogP contribution in [0, 0.1) is 12.8 Å². The Morgan fingerprint density at radius 3 is 2.64 bits per heavy atom. The van der Waals surface area contributed by atoms with E-state index in [0.717, 1.165) is 16.5 Å². The lowest BCUT2D eigenvalue weighted by atomic mass is 9.90. The van der Waals surface area contributed by atoms with Gasteiger partial charge in [-0.3, -0.25) is 14.3 Å². The van der Waals surface area contributed by atoms with Crippen LogP contribution in [-0.4, -0.2) is 26.5 Å². The van der Waals surface area contributed by atoms with Crippen LogP contribution in [0.2, 0.25) is 0 Å². The van der Waals surface area contributed by atoms with Crippen LogP contribution >= 0.6 is 15.9 Å². The van der Waals surface area contributed by atoms with Crippen molar-refractivity contribution in [3.05, 3.63) is 57.7 Å². The highest BCUT2D eigenvalue weighted by atomic mass is 79.9. The molecular weight excluding hydrogens is 384 g/mol. The number of fused-ring (bicyclic) bond motifs is 1. The number of aryl methyl sites for hydroxylation is 2. The highest BCUT2D eigenvalue weighted by Crippen LogP contribution is 2.31. The third-order valence-electron chi connectivity index (χ3n) is 4.16. The number of aromatic nitrogens is 2. The van der Waals surface area contributed by atoms with Crippen LogP contribution in [0.15, 0.2) is 41.0 Å². The molecule has 2 aromatic carbocycles. The van der Waals surface area contributed by atoms with Gasteiger partial charge in [0, 0.05) is 24.2 Å². The molecule has 5 nitrogen and oxygen atoms in total. The second-order valence-electron chi connectivity index (χ2n) is 6.17. The molecule has 25 heavy (non-hydrogen) atoms. The minimum Gasteiger partial charge on any atom is -0.506 e. The number of rotatable bonds is 4. The zero-order valence-electron chi connectivity index (χ0n) is 14.1. The number of ketones is 2. The first-order valence-corrected chi connectivity index (χ1v) is 8.58. The van der Waals surface area contributed by atoms with Gasteiger partial charge in [0.1, 0.15) is 5.75 Å². The smallest absolute Gasteiger partial charge is 0.177 e. The van der Waals surface area contributed by atoms with E-state index in [-0.39, 0.29) is 17.1 Å². The van der Waals surface area contributed by atoms with Crippen molar-refractivity contribution in [1.82, 2.24) is 9.78 Å². The van der Waals surface area contributed by atoms with Crippen molar-refractivity contribution in [2.24, 2.45) is 13.0 Å². The summed E-state index contributed by atoms with van der Waals surface area (Å²) in [7, 11) is 1.81. The van der Waals surface area contributed by atoms with Crippen LogP contribution in [0.25, 0.3) is 10.9 Å². The molecule has 0 saturated carbocycles. The Kier molecular flexibility index (Phi) is 4.47. The number of carbonyl (C=O) groups is 2. The Bertz CT molecular complexity index is 1010. The lowest BCUT2D eigenvalue weighted by Gasteiger charge is -2.12. The fourth-order valence-corrected chi connectivity index (χ4v) is 3.40. The summed E-state index contributed by atoms with van der Waals surface area (Å²) in [5.74, 6) is -1.72. The van der Waals surface area contributed by atoms with Crippen molar-refractivity contribution < 1.29 is 14.7 Å². The van der Waals surface area contributed by atoms with Gasteiger partial charge in [0.05, 0.1) is 21.5 Å². The summed E-state index contributed by atoms with van der Waals surface area (Å²) < 4.78 is 2.11. The maximum Gasteiger partial charge on any atom is 0.177 e. The quantitative estimate of drug-likeness (QED) is 0.529. The number of carbonyl (C=O) groups excluding carboxylic acids is 2. The number of nitrogens with zero attached hydrogens (tertiary/aromatic N) is 2. The predicted molar refractivity (Wildman–Crippen MR) is 99.1 cm³/mol. The maximum absolute atomic E-state index is 12.7. The van der Waals surface area contributed by atoms with Crippen molar-refractivity contribution in [3.8, 4) is 5.75 Å². The van der Waals surface area contributed by atoms with Crippen LogP contribution in [0.1, 0.15) is 33.2 Å². The highest BCUT2D eigenvalue weighted by molar-refractivity contribution is 9.10. The number of aromatic hydroxyl groups is 1. The van der Waals surface area contributed by atoms with Crippen molar-refractivity contribution in [2.75, 3.05) is 0 Å². The summed E-state index contributed by atoms with van der Waals surface area (Å²) in [4.78, 5) is 25.5. The number of phenolic OH excluding ortho intramolecular Hbond substituents is 1. The number of hydrogen-bond acceptors (Lipinski definition) is 4. The normalized spacial score (nSPS) is 12.3. The van der Waals surface area contributed by atoms with Crippen molar-refractivity contribution >= 4 is 38.4 Å². The van der Waals surface area contributed by atoms with Crippen molar-refractivity contribution in [3.63, 3.8) is 0 Å². The second kappa shape index (κ2) is 6.44. The van der Waals surface area contributed by atoms with Gasteiger partial charge in [0.25, 0.3) is 0 Å². The van der Waals surface area contributed by atoms with Crippen LogP contribution in [0.3, 0.4) is 0 Å². The number of benzene rings is 2. The standard InChI is InChI=1S/C19H17BrN2O3/c1-10-6-14(19(25)15(20)7-10)18(24)11(2)17(23)12-4-5-16-13(8-12)9-22(3)21-16/h4-9,11,25H,1-3H3. The van der Waals surface area contributed by atoms with Gasteiger partial charge in [-0.15, -0.1) is 0 Å². The topological polar surface area (TPSA) is 72.2 Å². The Hall–Kier alpha value is -2.47. The highest BCUT2D eigenvalue weighted by Gasteiger charge is 2.27. The van der Waals surface area contributed by atoms with Gasteiger partial charge in [-0.05, 0) is 65.7 Å². The van der Waals surface area contributed by atoms with E-state index >= 15 is 0 Å². The van der Waals surface area contributed by atoms with E-state index in [1.165, 1.54) is 0 Å². The van der Waals surface area contributed by atoms with Crippen LogP contribution in [-0.2, 0) is 7.05 Å². The number of hydrogen-bond donors (Lipinski definition) is 1. The van der Waals surface area contributed by atoms with Gasteiger partial charge < -0.3 is 5.11 Å². The van der Waals surface area contributed by atoms with E-state index in [4.69, 9.17) is 0 Å². The lowest BCUT2D eigenvalue weighted by Crippen LogP contribution is -2.21. The van der Waals surface area contributed by atoms with E-state index in [1.807, 2.05) is 20.2 Å². The fraction of sp³-hybridized carbons (Fsp3) is 0.211. The average Bonchev–Trinajstić information content (AvgIpc) is 2.95. The van der Waals surface area contributed by atoms with Crippen molar-refractivity contribution in [2.45, 2.75) is 13.8 Å². The Labute approximate surface area is 153 Å². The molecule has 3 rings (SSSR count). The molecule has 0 aliphatic rings. The third-order valence-corrected chi connectivity index (χ3v) is 4.77. The Morgan fingerprint density at radius 1 is 1.20 bits per heavy atom. The fourth-order valence-electron chi connectivity index (χ4n) is 2.83. The van der Waals surface area contributed by atoms with E-state index < -0.39 is 11.7 Å². The molecule has 0 spiro atoms. The van der Waals surface area contributed by atoms with Gasteiger partial charge in [0.15, 0.2) is 11.6 Å². The molecule has 0 amide bonds. The minimum atomic E-state index is -0.895. The summed E-state index contributed by atoms with van der Waals surface area (Å²) in [6.45, 7) is 3.39. The summed E-state index contributed by atoms with van der Waals surface area (Å²) in [6, 6.07) is 8.49. The van der Waals surface area contributed by atoms with Gasteiger partial charge in [0.2, 0.25) is 0 Å². The Balaban J connectivity index is 1.94. The lowest BCUT2D eigenvalue weighted by molar-refractivity contribution is 0.0819. The third kappa shape index (κ3) is 3.22. The molecule has 3 aromatic rings. The van der Waals surface area contributed by atoms with E-state index in [0.29, 0.717) is 10.0 Å². The molecule has 0 aliphatic carbocycles. The van der Waals surface area contributed by atoms with Crippen LogP contribution < -0.4 is 0 Å². The maximum atomic E-state index is 12.7. The molecule has 1 N–H and O–H groups in total. The summed E-state index contributed by atoms with van der Waals surface area (Å²) in [6.07, 6.45) is 1.82. The number of Topliss-reactive ketones (excluding diaryl/α,β-unsaturated/α-hetero) is 2. The molecule has 128 valence electrons. The van der Waals surface area contributed by atoms with Crippen LogP contribution in [0.5, 0.6) is 5.75 Å². The first-order valence-electron chi connectivity index (χ1n) is 7.79. The molecule has 0 fully saturated rings. The SMILES string of the molecule is Cc1cc(Br)c(O)c(C(=O)C(C)C(=O)c2ccc3nn(C)cc3c2)c1. The Morgan fingerprint density at radius 2 is 1.92 bits per heavy atom. The minimum absolute atomic E-state index is 0.141. The van der Waals surface area contributed by atoms with E-state index in [1.54, 1.807) is 41.9 Å². The molecule has 6 heteroatoms. The zero-order chi connectivity index (χ0) is 18.3. The van der Waals surface area contributed by atoms with Crippen LogP contribution in [0.4, 0.5) is 0 Å². The first-order chi connectivity index (χ1) is 11.8. The van der Waals surface area contributed by atoms with Gasteiger partial charge in [-0.25, -0.2) is 0 Å². The molecule has 1 unspecified atom stereocenters. The molecule has 1 aromatic heterocycles. The van der Waals surface area contributed by atoms with Gasteiger partial charge in [-0.2, -0.15) is 5.10 Å². The van der Waals surface area contributed by atoms with E-state index in [2.05, 4.69) is 21.0 Å². The molecule has 1 atom stereocenters. The van der Waals surface area contributed by atoms with Gasteiger partial charge >= 0.3 is 0 Å². The molecule has 0 saturated heterocycles. The molecule has 1 heterocycles. The van der Waals surface area contributed by atoms with Gasteiger partial charge in [-0.1, -0.05) is 0 Å². The average molecular weight is 401 g/mol. The largest absolute Gasteiger partial charge is 0.506 e. The number of phenols is 1. The van der Waals surface area contributed by atoms with E-state index in [9.17, 15) is 14.7 Å². The summed E-state index contributed by atoms with van der Waals surface area (Å²) in [5.41, 5.74) is 2.21. The molecule has 0 aliphatic heterocycles. The van der Waals surface area contributed by atoms with Crippen molar-refractivity contribution in [1.29, 1.82) is 0 Å². The molecule has 0 bridgehead atoms. The summed E-state index contributed by atoms with van der Waals surface area (Å²) >= 11 is 3.23.